The highest BCUT2D eigenvalue weighted by Gasteiger charge is 2.25. The molecule has 0 saturated carbocycles. The van der Waals surface area contributed by atoms with Gasteiger partial charge in [0.15, 0.2) is 0 Å². The molecule has 1 aromatic rings. The first-order chi connectivity index (χ1) is 8.79. The molecule has 0 radical (unpaired) electrons. The first-order valence-corrected chi connectivity index (χ1v) is 7.66. The van der Waals surface area contributed by atoms with Gasteiger partial charge in [0, 0.05) is 10.9 Å². The number of ether oxygens (including phenoxy) is 2. The summed E-state index contributed by atoms with van der Waals surface area (Å²) in [6.07, 6.45) is 2.21. The van der Waals surface area contributed by atoms with E-state index in [-0.39, 0.29) is 6.10 Å². The summed E-state index contributed by atoms with van der Waals surface area (Å²) in [6.45, 7) is 5.26. The van der Waals surface area contributed by atoms with Crippen molar-refractivity contribution in [1.82, 2.24) is 5.32 Å². The van der Waals surface area contributed by atoms with E-state index >= 15 is 0 Å². The molecule has 1 N–H and O–H groups in total. The van der Waals surface area contributed by atoms with Crippen LogP contribution >= 0.6 is 22.9 Å². The molecule has 0 aromatic carbocycles. The minimum Gasteiger partial charge on any atom is -0.376 e. The minimum atomic E-state index is 0.145. The molecule has 1 aromatic heterocycles. The molecule has 0 amide bonds. The molecular weight excluding hydrogens is 270 g/mol. The van der Waals surface area contributed by atoms with E-state index in [1.807, 2.05) is 6.07 Å². The first-order valence-electron chi connectivity index (χ1n) is 6.46. The van der Waals surface area contributed by atoms with E-state index in [9.17, 15) is 0 Å². The molecule has 5 heteroatoms. The quantitative estimate of drug-likeness (QED) is 0.873. The smallest absolute Gasteiger partial charge is 0.0965 e. The molecule has 1 saturated heterocycles. The summed E-state index contributed by atoms with van der Waals surface area (Å²) >= 11 is 7.62. The van der Waals surface area contributed by atoms with E-state index in [0.717, 1.165) is 23.7 Å². The molecule has 2 atom stereocenters. The van der Waals surface area contributed by atoms with E-state index in [1.165, 1.54) is 4.88 Å². The van der Waals surface area contributed by atoms with E-state index in [0.29, 0.717) is 25.9 Å². The molecule has 2 rings (SSSR count). The lowest BCUT2D eigenvalue weighted by Gasteiger charge is -2.31. The van der Waals surface area contributed by atoms with Crippen molar-refractivity contribution in [1.29, 1.82) is 0 Å². The van der Waals surface area contributed by atoms with Crippen LogP contribution in [0, 0.1) is 0 Å². The summed E-state index contributed by atoms with van der Waals surface area (Å²) in [6, 6.07) is 4.36. The van der Waals surface area contributed by atoms with Crippen molar-refractivity contribution < 1.29 is 9.47 Å². The maximum atomic E-state index is 5.98. The highest BCUT2D eigenvalue weighted by molar-refractivity contribution is 7.16. The molecule has 18 heavy (non-hydrogen) atoms. The van der Waals surface area contributed by atoms with Crippen LogP contribution in [-0.4, -0.2) is 38.5 Å². The third-order valence-corrected chi connectivity index (χ3v) is 4.25. The Hall–Kier alpha value is -0.130. The maximum absolute atomic E-state index is 5.98. The summed E-state index contributed by atoms with van der Waals surface area (Å²) in [5, 5.41) is 3.56. The lowest BCUT2D eigenvalue weighted by atomic mass is 10.1. The van der Waals surface area contributed by atoms with Crippen molar-refractivity contribution in [3.05, 3.63) is 21.3 Å². The summed E-state index contributed by atoms with van der Waals surface area (Å²) < 4.78 is 12.1. The van der Waals surface area contributed by atoms with Crippen LogP contribution in [0.2, 0.25) is 4.34 Å². The van der Waals surface area contributed by atoms with Crippen molar-refractivity contribution in [3.63, 3.8) is 0 Å². The monoisotopic (exact) mass is 289 g/mol. The molecule has 102 valence electrons. The zero-order valence-corrected chi connectivity index (χ0v) is 12.2. The number of nitrogens with one attached hydrogen (secondary N) is 1. The molecule has 2 heterocycles. The Balaban J connectivity index is 1.94. The summed E-state index contributed by atoms with van der Waals surface area (Å²) in [4.78, 5) is 1.29. The predicted octanol–water partition coefficient (Wildman–Crippen LogP) is 2.73. The number of thiophene rings is 1. The molecule has 0 bridgehead atoms. The Labute approximate surface area is 117 Å². The van der Waals surface area contributed by atoms with Gasteiger partial charge in [-0.25, -0.2) is 0 Å². The van der Waals surface area contributed by atoms with Gasteiger partial charge in [-0.05, 0) is 31.5 Å². The fourth-order valence-electron chi connectivity index (χ4n) is 2.08. The van der Waals surface area contributed by atoms with Gasteiger partial charge in [-0.2, -0.15) is 0 Å². The van der Waals surface area contributed by atoms with E-state index in [2.05, 4.69) is 18.3 Å². The lowest BCUT2D eigenvalue weighted by molar-refractivity contribution is -0.101. The fraction of sp³-hybridized carbons (Fsp3) is 0.692. The van der Waals surface area contributed by atoms with Crippen molar-refractivity contribution in [3.8, 4) is 0 Å². The Morgan fingerprint density at radius 2 is 2.39 bits per heavy atom. The minimum absolute atomic E-state index is 0.145. The van der Waals surface area contributed by atoms with Crippen molar-refractivity contribution in [2.24, 2.45) is 0 Å². The van der Waals surface area contributed by atoms with Crippen LogP contribution in [0.5, 0.6) is 0 Å². The van der Waals surface area contributed by atoms with Crippen LogP contribution in [0.25, 0.3) is 0 Å². The van der Waals surface area contributed by atoms with Crippen LogP contribution in [0.4, 0.5) is 0 Å². The highest BCUT2D eigenvalue weighted by atomic mass is 35.5. The Morgan fingerprint density at radius 3 is 3.00 bits per heavy atom. The second-order valence-corrected chi connectivity index (χ2v) is 6.25. The van der Waals surface area contributed by atoms with Gasteiger partial charge in [0.05, 0.1) is 30.3 Å². The fourth-order valence-corrected chi connectivity index (χ4v) is 3.23. The van der Waals surface area contributed by atoms with E-state index < -0.39 is 0 Å². The van der Waals surface area contributed by atoms with Crippen LogP contribution < -0.4 is 5.32 Å². The number of rotatable bonds is 6. The summed E-state index contributed by atoms with van der Waals surface area (Å²) in [5.41, 5.74) is 0. The normalized spacial score (nSPS) is 22.0. The number of halogens is 1. The second-order valence-electron chi connectivity index (χ2n) is 4.45. The molecule has 2 unspecified atom stereocenters. The van der Waals surface area contributed by atoms with Gasteiger partial charge >= 0.3 is 0 Å². The Bertz CT molecular complexity index is 353. The summed E-state index contributed by atoms with van der Waals surface area (Å²) in [5.74, 6) is 0. The molecule has 0 spiro atoms. The largest absolute Gasteiger partial charge is 0.376 e. The van der Waals surface area contributed by atoms with Gasteiger partial charge in [0.1, 0.15) is 0 Å². The average molecular weight is 290 g/mol. The molecule has 3 nitrogen and oxygen atoms in total. The highest BCUT2D eigenvalue weighted by Crippen LogP contribution is 2.23. The van der Waals surface area contributed by atoms with Crippen molar-refractivity contribution >= 4 is 22.9 Å². The van der Waals surface area contributed by atoms with E-state index in [1.54, 1.807) is 11.3 Å². The lowest BCUT2D eigenvalue weighted by Crippen LogP contribution is -2.48. The van der Waals surface area contributed by atoms with Crippen LogP contribution in [0.3, 0.4) is 0 Å². The average Bonchev–Trinajstić information content (AvgIpc) is 2.81. The SMILES string of the molecule is CCCNC(Cc1ccc(Cl)s1)C1COCCO1. The molecule has 1 fully saturated rings. The van der Waals surface area contributed by atoms with Gasteiger partial charge in [0.25, 0.3) is 0 Å². The summed E-state index contributed by atoms with van der Waals surface area (Å²) in [7, 11) is 0. The second kappa shape index (κ2) is 7.46. The maximum Gasteiger partial charge on any atom is 0.0965 e. The van der Waals surface area contributed by atoms with E-state index in [4.69, 9.17) is 21.1 Å². The zero-order chi connectivity index (χ0) is 12.8. The van der Waals surface area contributed by atoms with Crippen molar-refractivity contribution in [2.75, 3.05) is 26.4 Å². The van der Waals surface area contributed by atoms with Gasteiger partial charge in [-0.15, -0.1) is 11.3 Å². The third kappa shape index (κ3) is 4.21. The van der Waals surface area contributed by atoms with Crippen molar-refractivity contribution in [2.45, 2.75) is 31.9 Å². The molecular formula is C13H20ClNO2S. The molecule has 1 aliphatic heterocycles. The third-order valence-electron chi connectivity index (χ3n) is 3.00. The van der Waals surface area contributed by atoms with Crippen LogP contribution in [-0.2, 0) is 15.9 Å². The zero-order valence-electron chi connectivity index (χ0n) is 10.7. The first kappa shape index (κ1) is 14.3. The van der Waals surface area contributed by atoms with Gasteiger partial charge in [-0.3, -0.25) is 0 Å². The van der Waals surface area contributed by atoms with Gasteiger partial charge in [-0.1, -0.05) is 18.5 Å². The Kier molecular flexibility index (Phi) is 5.92. The predicted molar refractivity (Wildman–Crippen MR) is 75.7 cm³/mol. The van der Waals surface area contributed by atoms with Gasteiger partial charge in [0.2, 0.25) is 0 Å². The number of hydrogen-bond acceptors (Lipinski definition) is 4. The van der Waals surface area contributed by atoms with Crippen LogP contribution in [0.15, 0.2) is 12.1 Å². The topological polar surface area (TPSA) is 30.5 Å². The van der Waals surface area contributed by atoms with Crippen LogP contribution in [0.1, 0.15) is 18.2 Å². The molecule has 0 aliphatic carbocycles. The Morgan fingerprint density at radius 1 is 1.50 bits per heavy atom. The molecule has 1 aliphatic rings. The standard InChI is InChI=1S/C13H20ClNO2S/c1-2-5-15-11(12-9-16-6-7-17-12)8-10-3-4-13(14)18-10/h3-4,11-12,15H,2,5-9H2,1H3. The van der Waals surface area contributed by atoms with Gasteiger partial charge < -0.3 is 14.8 Å². The number of hydrogen-bond donors (Lipinski definition) is 1.